The summed E-state index contributed by atoms with van der Waals surface area (Å²) < 4.78 is 12.3. The third-order valence-electron chi connectivity index (χ3n) is 5.70. The molecular formula is C24H21ClN4O3S. The lowest BCUT2D eigenvalue weighted by Crippen LogP contribution is -2.21. The van der Waals surface area contributed by atoms with E-state index in [1.807, 2.05) is 42.5 Å². The molecule has 0 unspecified atom stereocenters. The molecule has 2 aromatic carbocycles. The zero-order chi connectivity index (χ0) is 22.9. The number of thioether (sulfide) groups is 1. The molecule has 0 bridgehead atoms. The summed E-state index contributed by atoms with van der Waals surface area (Å²) in [6, 6.07) is 13.5. The van der Waals surface area contributed by atoms with E-state index in [9.17, 15) is 4.79 Å². The molecule has 1 aliphatic carbocycles. The number of nitrogens with zero attached hydrogens (tertiary/aromatic N) is 4. The standard InChI is InChI=1S/C24H21ClN4O3S/c1-31-21-7-6-15(11-22(21)32-2)16-9-19-18(20(30)10-16)12-29-23(26-19)27-24(28-29)33-13-14-4-3-5-17(25)8-14/h3-8,11-12,16H,9-10,13H2,1-2H3/t16-/m0/s1. The van der Waals surface area contributed by atoms with Gasteiger partial charge in [-0.3, -0.25) is 4.79 Å². The van der Waals surface area contributed by atoms with Crippen molar-refractivity contribution in [1.29, 1.82) is 0 Å². The highest BCUT2D eigenvalue weighted by atomic mass is 35.5. The first-order valence-electron chi connectivity index (χ1n) is 10.4. The first-order chi connectivity index (χ1) is 16.0. The Morgan fingerprint density at radius 2 is 1.94 bits per heavy atom. The van der Waals surface area contributed by atoms with E-state index in [2.05, 4.69) is 15.1 Å². The number of ether oxygens (including phenoxy) is 2. The Hall–Kier alpha value is -3.10. The zero-order valence-corrected chi connectivity index (χ0v) is 19.7. The summed E-state index contributed by atoms with van der Waals surface area (Å²) >= 11 is 7.57. The number of hydrogen-bond donors (Lipinski definition) is 0. The number of methoxy groups -OCH3 is 2. The highest BCUT2D eigenvalue weighted by molar-refractivity contribution is 7.98. The summed E-state index contributed by atoms with van der Waals surface area (Å²) in [6.07, 6.45) is 2.80. The van der Waals surface area contributed by atoms with Crippen molar-refractivity contribution in [2.75, 3.05) is 14.2 Å². The van der Waals surface area contributed by atoms with E-state index in [1.165, 1.54) is 11.8 Å². The molecule has 1 atom stereocenters. The van der Waals surface area contributed by atoms with Crippen molar-refractivity contribution >= 4 is 34.9 Å². The number of aromatic nitrogens is 4. The van der Waals surface area contributed by atoms with Crippen LogP contribution in [0.25, 0.3) is 5.78 Å². The molecule has 0 saturated carbocycles. The number of benzene rings is 2. The maximum Gasteiger partial charge on any atom is 0.253 e. The van der Waals surface area contributed by atoms with Gasteiger partial charge in [-0.05, 0) is 47.7 Å². The van der Waals surface area contributed by atoms with E-state index in [1.54, 1.807) is 24.9 Å². The van der Waals surface area contributed by atoms with Crippen LogP contribution in [0.1, 0.15) is 39.5 Å². The monoisotopic (exact) mass is 480 g/mol. The number of carbonyl (C=O) groups excluding carboxylic acids is 1. The molecular weight excluding hydrogens is 460 g/mol. The fraction of sp³-hybridized carbons (Fsp3) is 0.250. The lowest BCUT2D eigenvalue weighted by Gasteiger charge is -2.23. The van der Waals surface area contributed by atoms with E-state index in [-0.39, 0.29) is 11.7 Å². The molecule has 0 spiro atoms. The quantitative estimate of drug-likeness (QED) is 0.359. The van der Waals surface area contributed by atoms with Crippen LogP contribution >= 0.6 is 23.4 Å². The molecule has 4 aromatic rings. The smallest absolute Gasteiger partial charge is 0.253 e. The molecule has 0 radical (unpaired) electrons. The summed E-state index contributed by atoms with van der Waals surface area (Å²) in [5, 5.41) is 5.81. The highest BCUT2D eigenvalue weighted by Crippen LogP contribution is 2.36. The molecule has 7 nitrogen and oxygen atoms in total. The molecule has 0 amide bonds. The SMILES string of the molecule is COc1ccc([C@@H]2CC(=O)c3cn4nc(SCc5cccc(Cl)c5)nc4nc3C2)cc1OC. The minimum Gasteiger partial charge on any atom is -0.493 e. The van der Waals surface area contributed by atoms with Gasteiger partial charge in [0, 0.05) is 23.4 Å². The molecule has 9 heteroatoms. The second-order valence-corrected chi connectivity index (χ2v) is 9.18. The van der Waals surface area contributed by atoms with Gasteiger partial charge >= 0.3 is 0 Å². The molecule has 0 N–H and O–H groups in total. The summed E-state index contributed by atoms with van der Waals surface area (Å²) in [5.41, 5.74) is 3.46. The maximum absolute atomic E-state index is 13.0. The van der Waals surface area contributed by atoms with Gasteiger partial charge in [-0.25, -0.2) is 9.50 Å². The first kappa shape index (κ1) is 21.7. The Kier molecular flexibility index (Phi) is 5.95. The van der Waals surface area contributed by atoms with Gasteiger partial charge in [-0.2, -0.15) is 4.98 Å². The van der Waals surface area contributed by atoms with Gasteiger partial charge in [0.2, 0.25) is 5.16 Å². The minimum atomic E-state index is 0.0133. The predicted molar refractivity (Wildman–Crippen MR) is 127 cm³/mol. The summed E-state index contributed by atoms with van der Waals surface area (Å²) in [7, 11) is 3.21. The van der Waals surface area contributed by atoms with Crippen LogP contribution in [0.2, 0.25) is 5.02 Å². The fourth-order valence-electron chi connectivity index (χ4n) is 4.04. The van der Waals surface area contributed by atoms with Gasteiger partial charge in [0.1, 0.15) is 0 Å². The van der Waals surface area contributed by atoms with Crippen molar-refractivity contribution in [2.45, 2.75) is 29.7 Å². The van der Waals surface area contributed by atoms with Crippen LogP contribution in [0.3, 0.4) is 0 Å². The van der Waals surface area contributed by atoms with E-state index in [0.717, 1.165) is 16.8 Å². The second-order valence-electron chi connectivity index (χ2n) is 7.80. The molecule has 33 heavy (non-hydrogen) atoms. The van der Waals surface area contributed by atoms with E-state index in [4.69, 9.17) is 21.1 Å². The van der Waals surface area contributed by atoms with Crippen molar-refractivity contribution in [3.8, 4) is 11.5 Å². The Morgan fingerprint density at radius 3 is 2.73 bits per heavy atom. The summed E-state index contributed by atoms with van der Waals surface area (Å²) in [5.74, 6) is 2.55. The van der Waals surface area contributed by atoms with Crippen molar-refractivity contribution in [1.82, 2.24) is 19.6 Å². The van der Waals surface area contributed by atoms with E-state index < -0.39 is 0 Å². The summed E-state index contributed by atoms with van der Waals surface area (Å²) in [4.78, 5) is 22.2. The molecule has 0 saturated heterocycles. The highest BCUT2D eigenvalue weighted by Gasteiger charge is 2.29. The van der Waals surface area contributed by atoms with Crippen LogP contribution in [-0.4, -0.2) is 39.6 Å². The predicted octanol–water partition coefficient (Wildman–Crippen LogP) is 5.00. The fourth-order valence-corrected chi connectivity index (χ4v) is 5.02. The average molecular weight is 481 g/mol. The number of fused-ring (bicyclic) bond motifs is 2. The van der Waals surface area contributed by atoms with Crippen LogP contribution in [0, 0.1) is 0 Å². The van der Waals surface area contributed by atoms with Crippen LogP contribution in [0.5, 0.6) is 11.5 Å². The molecule has 2 aromatic heterocycles. The van der Waals surface area contributed by atoms with Gasteiger partial charge in [0.25, 0.3) is 5.78 Å². The van der Waals surface area contributed by atoms with Gasteiger partial charge in [0.15, 0.2) is 17.3 Å². The van der Waals surface area contributed by atoms with Gasteiger partial charge in [-0.1, -0.05) is 41.6 Å². The third-order valence-corrected chi connectivity index (χ3v) is 6.84. The van der Waals surface area contributed by atoms with Crippen LogP contribution < -0.4 is 9.47 Å². The normalized spacial score (nSPS) is 15.5. The molecule has 0 fully saturated rings. The van der Waals surface area contributed by atoms with Crippen molar-refractivity contribution in [3.63, 3.8) is 0 Å². The third kappa shape index (κ3) is 4.41. The topological polar surface area (TPSA) is 78.6 Å². The molecule has 5 rings (SSSR count). The zero-order valence-electron chi connectivity index (χ0n) is 18.1. The maximum atomic E-state index is 13.0. The van der Waals surface area contributed by atoms with E-state index >= 15 is 0 Å². The van der Waals surface area contributed by atoms with Crippen LogP contribution in [0.15, 0.2) is 53.8 Å². The number of hydrogen-bond acceptors (Lipinski definition) is 7. The lowest BCUT2D eigenvalue weighted by atomic mass is 9.82. The van der Waals surface area contributed by atoms with Crippen LogP contribution in [0.4, 0.5) is 0 Å². The Morgan fingerprint density at radius 1 is 1.09 bits per heavy atom. The van der Waals surface area contributed by atoms with Gasteiger partial charge in [0.05, 0.1) is 25.5 Å². The molecule has 0 aliphatic heterocycles. The average Bonchev–Trinajstić information content (AvgIpc) is 3.23. The Bertz CT molecular complexity index is 1360. The number of halogens is 1. The lowest BCUT2D eigenvalue weighted by molar-refractivity contribution is 0.0962. The number of rotatable bonds is 6. The van der Waals surface area contributed by atoms with Gasteiger partial charge < -0.3 is 9.47 Å². The largest absolute Gasteiger partial charge is 0.493 e. The van der Waals surface area contributed by atoms with Crippen molar-refractivity contribution in [3.05, 3.63) is 76.1 Å². The number of ketones is 1. The number of carbonyl (C=O) groups is 1. The molecule has 2 heterocycles. The second kappa shape index (κ2) is 9.03. The number of Topliss-reactive ketones (excluding diaryl/α,β-unsaturated/α-hetero) is 1. The van der Waals surface area contributed by atoms with Crippen molar-refractivity contribution < 1.29 is 14.3 Å². The van der Waals surface area contributed by atoms with Gasteiger partial charge in [-0.15, -0.1) is 5.10 Å². The van der Waals surface area contributed by atoms with E-state index in [0.29, 0.717) is 51.6 Å². The summed E-state index contributed by atoms with van der Waals surface area (Å²) in [6.45, 7) is 0. The van der Waals surface area contributed by atoms with Crippen molar-refractivity contribution in [2.24, 2.45) is 0 Å². The minimum absolute atomic E-state index is 0.0133. The Balaban J connectivity index is 1.40. The first-order valence-corrected chi connectivity index (χ1v) is 11.8. The molecule has 1 aliphatic rings. The molecule has 168 valence electrons. The Labute approximate surface area is 200 Å². The van der Waals surface area contributed by atoms with Crippen LogP contribution in [-0.2, 0) is 12.2 Å².